The van der Waals surface area contributed by atoms with E-state index in [4.69, 9.17) is 4.74 Å². The summed E-state index contributed by atoms with van der Waals surface area (Å²) in [4.78, 5) is 27.6. The number of benzene rings is 1. The fourth-order valence-corrected chi connectivity index (χ4v) is 1.91. The summed E-state index contributed by atoms with van der Waals surface area (Å²) in [6.45, 7) is -0.0440. The SMILES string of the molecule is COc1ccc(C(=O)Cn2cncc(Br)c2=O)cc1. The molecule has 98 valence electrons. The average Bonchev–Trinajstić information content (AvgIpc) is 2.44. The van der Waals surface area contributed by atoms with Crippen LogP contribution in [0.3, 0.4) is 0 Å². The zero-order valence-corrected chi connectivity index (χ0v) is 11.8. The van der Waals surface area contributed by atoms with Crippen molar-refractivity contribution in [1.29, 1.82) is 0 Å². The summed E-state index contributed by atoms with van der Waals surface area (Å²) >= 11 is 3.09. The highest BCUT2D eigenvalue weighted by Crippen LogP contribution is 2.12. The number of rotatable bonds is 4. The van der Waals surface area contributed by atoms with Crippen LogP contribution in [0, 0.1) is 0 Å². The van der Waals surface area contributed by atoms with Crippen LogP contribution in [0.1, 0.15) is 10.4 Å². The maximum absolute atomic E-state index is 12.0. The van der Waals surface area contributed by atoms with Crippen molar-refractivity contribution < 1.29 is 9.53 Å². The molecule has 19 heavy (non-hydrogen) atoms. The van der Waals surface area contributed by atoms with E-state index < -0.39 is 0 Å². The molecule has 0 aliphatic heterocycles. The number of carbonyl (C=O) groups excluding carboxylic acids is 1. The van der Waals surface area contributed by atoms with E-state index in [1.54, 1.807) is 31.4 Å². The third-order valence-electron chi connectivity index (χ3n) is 2.59. The van der Waals surface area contributed by atoms with E-state index in [1.165, 1.54) is 17.1 Å². The van der Waals surface area contributed by atoms with Crippen molar-refractivity contribution in [3.8, 4) is 5.75 Å². The lowest BCUT2D eigenvalue weighted by molar-refractivity contribution is 0.0970. The Morgan fingerprint density at radius 3 is 2.68 bits per heavy atom. The lowest BCUT2D eigenvalue weighted by atomic mass is 10.1. The van der Waals surface area contributed by atoms with Crippen LogP contribution in [0.4, 0.5) is 0 Å². The largest absolute Gasteiger partial charge is 0.497 e. The van der Waals surface area contributed by atoms with Crippen LogP contribution in [-0.2, 0) is 6.54 Å². The van der Waals surface area contributed by atoms with Crippen molar-refractivity contribution >= 4 is 21.7 Å². The summed E-state index contributed by atoms with van der Waals surface area (Å²) in [6, 6.07) is 6.74. The topological polar surface area (TPSA) is 61.2 Å². The Hall–Kier alpha value is -1.95. The highest BCUT2D eigenvalue weighted by Gasteiger charge is 2.09. The lowest BCUT2D eigenvalue weighted by Crippen LogP contribution is -2.24. The van der Waals surface area contributed by atoms with Crippen LogP contribution >= 0.6 is 15.9 Å². The van der Waals surface area contributed by atoms with Gasteiger partial charge in [0.15, 0.2) is 5.78 Å². The van der Waals surface area contributed by atoms with E-state index >= 15 is 0 Å². The van der Waals surface area contributed by atoms with Gasteiger partial charge >= 0.3 is 0 Å². The van der Waals surface area contributed by atoms with Crippen molar-refractivity contribution in [3.05, 3.63) is 57.2 Å². The summed E-state index contributed by atoms with van der Waals surface area (Å²) < 4.78 is 6.61. The lowest BCUT2D eigenvalue weighted by Gasteiger charge is -2.05. The van der Waals surface area contributed by atoms with Crippen LogP contribution in [0.5, 0.6) is 5.75 Å². The zero-order chi connectivity index (χ0) is 13.8. The highest BCUT2D eigenvalue weighted by atomic mass is 79.9. The molecule has 6 heteroatoms. The highest BCUT2D eigenvalue weighted by molar-refractivity contribution is 9.10. The number of Topliss-reactive ketones (excluding diaryl/α,β-unsaturated/α-hetero) is 1. The van der Waals surface area contributed by atoms with Crippen LogP contribution in [0.25, 0.3) is 0 Å². The number of nitrogens with zero attached hydrogens (tertiary/aromatic N) is 2. The second-order valence-corrected chi connectivity index (χ2v) is 4.68. The molecule has 2 aromatic rings. The Kier molecular flexibility index (Phi) is 4.11. The molecule has 2 rings (SSSR count). The molecule has 0 N–H and O–H groups in total. The molecule has 1 aromatic carbocycles. The number of ketones is 1. The van der Waals surface area contributed by atoms with Crippen LogP contribution in [0.2, 0.25) is 0 Å². The molecule has 0 amide bonds. The predicted octanol–water partition coefficient (Wildman–Crippen LogP) is 1.90. The predicted molar refractivity (Wildman–Crippen MR) is 73.5 cm³/mol. The van der Waals surface area contributed by atoms with Gasteiger partial charge in [-0.25, -0.2) is 4.98 Å². The van der Waals surface area contributed by atoms with Crippen molar-refractivity contribution in [2.24, 2.45) is 0 Å². The molecule has 0 unspecified atom stereocenters. The van der Waals surface area contributed by atoms with Gasteiger partial charge in [-0.3, -0.25) is 14.2 Å². The van der Waals surface area contributed by atoms with E-state index in [9.17, 15) is 9.59 Å². The smallest absolute Gasteiger partial charge is 0.268 e. The minimum atomic E-state index is -0.281. The first-order chi connectivity index (χ1) is 9.11. The first-order valence-electron chi connectivity index (χ1n) is 5.49. The number of carbonyl (C=O) groups is 1. The van der Waals surface area contributed by atoms with Gasteiger partial charge in [0, 0.05) is 11.8 Å². The molecule has 0 fully saturated rings. The van der Waals surface area contributed by atoms with Crippen LogP contribution in [0.15, 0.2) is 46.1 Å². The summed E-state index contributed by atoms with van der Waals surface area (Å²) in [5.41, 5.74) is 0.240. The van der Waals surface area contributed by atoms with Gasteiger partial charge in [-0.1, -0.05) is 0 Å². The summed E-state index contributed by atoms with van der Waals surface area (Å²) in [7, 11) is 1.56. The quantitative estimate of drug-likeness (QED) is 0.806. The number of aromatic nitrogens is 2. The Balaban J connectivity index is 2.20. The second kappa shape index (κ2) is 5.79. The molecule has 0 saturated heterocycles. The fourth-order valence-electron chi connectivity index (χ4n) is 1.56. The molecule has 1 heterocycles. The molecule has 0 bridgehead atoms. The van der Waals surface area contributed by atoms with Crippen molar-refractivity contribution in [2.45, 2.75) is 6.54 Å². The number of hydrogen-bond donors (Lipinski definition) is 0. The standard InChI is InChI=1S/C13H11BrN2O3/c1-19-10-4-2-9(3-5-10)12(17)7-16-8-15-6-11(14)13(16)18/h2-6,8H,7H2,1H3. The fraction of sp³-hybridized carbons (Fsp3) is 0.154. The van der Waals surface area contributed by atoms with E-state index in [-0.39, 0.29) is 17.9 Å². The second-order valence-electron chi connectivity index (χ2n) is 3.83. The van der Waals surface area contributed by atoms with Gasteiger partial charge in [0.25, 0.3) is 5.56 Å². The molecule has 0 aliphatic rings. The van der Waals surface area contributed by atoms with Crippen LogP contribution < -0.4 is 10.3 Å². The summed E-state index contributed by atoms with van der Waals surface area (Å²) in [6.07, 6.45) is 2.74. The Morgan fingerprint density at radius 2 is 2.05 bits per heavy atom. The summed E-state index contributed by atoms with van der Waals surface area (Å²) in [5, 5.41) is 0. The molecule has 0 radical (unpaired) electrons. The van der Waals surface area contributed by atoms with Gasteiger partial charge in [0.1, 0.15) is 10.2 Å². The monoisotopic (exact) mass is 322 g/mol. The molecular formula is C13H11BrN2O3. The van der Waals surface area contributed by atoms with E-state index in [0.29, 0.717) is 15.8 Å². The molecule has 0 aliphatic carbocycles. The number of ether oxygens (including phenoxy) is 1. The maximum atomic E-state index is 12.0. The normalized spacial score (nSPS) is 10.2. The average molecular weight is 323 g/mol. The van der Waals surface area contributed by atoms with E-state index in [2.05, 4.69) is 20.9 Å². The molecule has 1 aromatic heterocycles. The number of methoxy groups -OCH3 is 1. The minimum Gasteiger partial charge on any atom is -0.497 e. The number of halogens is 1. The third kappa shape index (κ3) is 3.08. The molecule has 0 spiro atoms. The van der Waals surface area contributed by atoms with Crippen molar-refractivity contribution in [2.75, 3.05) is 7.11 Å². The first-order valence-corrected chi connectivity index (χ1v) is 6.28. The van der Waals surface area contributed by atoms with Crippen LogP contribution in [-0.4, -0.2) is 22.4 Å². The Bertz CT molecular complexity index is 650. The molecular weight excluding hydrogens is 312 g/mol. The van der Waals surface area contributed by atoms with Gasteiger partial charge in [0.2, 0.25) is 0 Å². The van der Waals surface area contributed by atoms with Crippen molar-refractivity contribution in [3.63, 3.8) is 0 Å². The Labute approximate surface area is 118 Å². The minimum absolute atomic E-state index is 0.0440. The number of hydrogen-bond acceptors (Lipinski definition) is 4. The van der Waals surface area contributed by atoms with Gasteiger partial charge in [0.05, 0.1) is 20.0 Å². The van der Waals surface area contributed by atoms with E-state index in [0.717, 1.165) is 0 Å². The zero-order valence-electron chi connectivity index (χ0n) is 10.2. The Morgan fingerprint density at radius 1 is 1.37 bits per heavy atom. The molecule has 0 atom stereocenters. The van der Waals surface area contributed by atoms with Crippen molar-refractivity contribution in [1.82, 2.24) is 9.55 Å². The summed E-state index contributed by atoms with van der Waals surface area (Å²) in [5.74, 6) is 0.516. The maximum Gasteiger partial charge on any atom is 0.268 e. The van der Waals surface area contributed by atoms with E-state index in [1.807, 2.05) is 0 Å². The van der Waals surface area contributed by atoms with Gasteiger partial charge < -0.3 is 4.74 Å². The van der Waals surface area contributed by atoms with Gasteiger partial charge in [-0.2, -0.15) is 0 Å². The molecule has 0 saturated carbocycles. The first kappa shape index (κ1) is 13.5. The van der Waals surface area contributed by atoms with Gasteiger partial charge in [-0.15, -0.1) is 0 Å². The molecule has 5 nitrogen and oxygen atoms in total. The van der Waals surface area contributed by atoms with Gasteiger partial charge in [-0.05, 0) is 40.2 Å². The third-order valence-corrected chi connectivity index (χ3v) is 3.13.